The van der Waals surface area contributed by atoms with Crippen molar-refractivity contribution in [3.8, 4) is 0 Å². The van der Waals surface area contributed by atoms with Crippen molar-refractivity contribution in [2.75, 3.05) is 11.4 Å². The summed E-state index contributed by atoms with van der Waals surface area (Å²) in [5.41, 5.74) is 7.61. The number of hydrogen-bond acceptors (Lipinski definition) is 5. The highest BCUT2D eigenvalue weighted by Crippen LogP contribution is 2.26. The maximum absolute atomic E-state index is 6.03. The molecule has 2 heterocycles. The lowest BCUT2D eigenvalue weighted by Crippen LogP contribution is -2.41. The fourth-order valence-electron chi connectivity index (χ4n) is 3.14. The number of aromatic nitrogens is 3. The molecular weight excluding hydrogens is 262 g/mol. The molecule has 1 saturated carbocycles. The summed E-state index contributed by atoms with van der Waals surface area (Å²) in [6, 6.07) is 5.01. The van der Waals surface area contributed by atoms with Gasteiger partial charge in [-0.1, -0.05) is 6.92 Å². The van der Waals surface area contributed by atoms with Gasteiger partial charge in [0.05, 0.1) is 0 Å². The molecule has 2 aromatic rings. The van der Waals surface area contributed by atoms with Crippen LogP contribution >= 0.6 is 0 Å². The number of pyridine rings is 1. The molecule has 0 atom stereocenters. The summed E-state index contributed by atoms with van der Waals surface area (Å²) in [6.45, 7) is 3.24. The molecule has 3 rings (SSSR count). The van der Waals surface area contributed by atoms with E-state index in [-0.39, 0.29) is 0 Å². The maximum Gasteiger partial charge on any atom is 0.180 e. The minimum atomic E-state index is 0.375. The SMILES string of the molecule is CCCN(c1ccc2nccnc2n1)C1CCC(N)CC1. The van der Waals surface area contributed by atoms with Gasteiger partial charge in [0.25, 0.3) is 0 Å². The van der Waals surface area contributed by atoms with E-state index in [9.17, 15) is 0 Å². The Morgan fingerprint density at radius 3 is 2.67 bits per heavy atom. The van der Waals surface area contributed by atoms with Crippen molar-refractivity contribution >= 4 is 17.0 Å². The van der Waals surface area contributed by atoms with Crippen LogP contribution in [0.5, 0.6) is 0 Å². The third-order valence-electron chi connectivity index (χ3n) is 4.26. The molecule has 0 unspecified atom stereocenters. The molecular formula is C16H23N5. The van der Waals surface area contributed by atoms with Gasteiger partial charge in [-0.15, -0.1) is 0 Å². The Morgan fingerprint density at radius 1 is 1.14 bits per heavy atom. The highest BCUT2D eigenvalue weighted by Gasteiger charge is 2.25. The number of hydrogen-bond donors (Lipinski definition) is 1. The number of rotatable bonds is 4. The van der Waals surface area contributed by atoms with Crippen LogP contribution < -0.4 is 10.6 Å². The fourth-order valence-corrected chi connectivity index (χ4v) is 3.14. The van der Waals surface area contributed by atoms with Crippen LogP contribution in [0.2, 0.25) is 0 Å². The van der Waals surface area contributed by atoms with Crippen LogP contribution in [0.3, 0.4) is 0 Å². The van der Waals surface area contributed by atoms with Gasteiger partial charge in [0, 0.05) is 31.0 Å². The Kier molecular flexibility index (Phi) is 4.29. The summed E-state index contributed by atoms with van der Waals surface area (Å²) in [5.74, 6) is 1.02. The Morgan fingerprint density at radius 2 is 1.90 bits per heavy atom. The first-order chi connectivity index (χ1) is 10.3. The van der Waals surface area contributed by atoms with Gasteiger partial charge in [-0.05, 0) is 44.2 Å². The van der Waals surface area contributed by atoms with E-state index in [1.165, 1.54) is 0 Å². The second-order valence-corrected chi connectivity index (χ2v) is 5.83. The van der Waals surface area contributed by atoms with E-state index in [0.717, 1.165) is 55.6 Å². The van der Waals surface area contributed by atoms with Gasteiger partial charge in [-0.2, -0.15) is 0 Å². The lowest BCUT2D eigenvalue weighted by atomic mass is 9.90. The lowest BCUT2D eigenvalue weighted by molar-refractivity contribution is 0.374. The molecule has 1 aliphatic rings. The number of nitrogens with zero attached hydrogens (tertiary/aromatic N) is 4. The molecule has 1 fully saturated rings. The molecule has 0 amide bonds. The normalized spacial score (nSPS) is 22.4. The zero-order chi connectivity index (χ0) is 14.7. The number of fused-ring (bicyclic) bond motifs is 1. The Bertz CT molecular complexity index is 592. The minimum Gasteiger partial charge on any atom is -0.354 e. The molecule has 0 aromatic carbocycles. The van der Waals surface area contributed by atoms with Crippen LogP contribution in [0.15, 0.2) is 24.5 Å². The number of nitrogens with two attached hydrogens (primary N) is 1. The second-order valence-electron chi connectivity index (χ2n) is 5.83. The van der Waals surface area contributed by atoms with E-state index >= 15 is 0 Å². The molecule has 5 nitrogen and oxygen atoms in total. The van der Waals surface area contributed by atoms with E-state index < -0.39 is 0 Å². The van der Waals surface area contributed by atoms with Gasteiger partial charge in [-0.25, -0.2) is 9.97 Å². The molecule has 1 aliphatic carbocycles. The summed E-state index contributed by atoms with van der Waals surface area (Å²) in [7, 11) is 0. The quantitative estimate of drug-likeness (QED) is 0.935. The van der Waals surface area contributed by atoms with Crippen molar-refractivity contribution in [1.82, 2.24) is 15.0 Å². The molecule has 0 aliphatic heterocycles. The molecule has 0 saturated heterocycles. The average molecular weight is 285 g/mol. The smallest absolute Gasteiger partial charge is 0.180 e. The summed E-state index contributed by atoms with van der Waals surface area (Å²) < 4.78 is 0. The predicted octanol–water partition coefficient (Wildman–Crippen LogP) is 2.51. The van der Waals surface area contributed by atoms with Crippen molar-refractivity contribution < 1.29 is 0 Å². The monoisotopic (exact) mass is 285 g/mol. The third kappa shape index (κ3) is 3.13. The third-order valence-corrected chi connectivity index (χ3v) is 4.26. The Labute approximate surface area is 125 Å². The number of anilines is 1. The summed E-state index contributed by atoms with van der Waals surface area (Å²) in [6.07, 6.45) is 9.04. The predicted molar refractivity (Wildman–Crippen MR) is 85.2 cm³/mol. The maximum atomic E-state index is 6.03. The van der Waals surface area contributed by atoms with Crippen molar-refractivity contribution in [2.24, 2.45) is 5.73 Å². The molecule has 0 bridgehead atoms. The van der Waals surface area contributed by atoms with E-state index in [1.54, 1.807) is 12.4 Å². The van der Waals surface area contributed by atoms with Crippen LogP contribution in [-0.2, 0) is 0 Å². The lowest BCUT2D eigenvalue weighted by Gasteiger charge is -2.36. The first-order valence-electron chi connectivity index (χ1n) is 7.88. The minimum absolute atomic E-state index is 0.375. The topological polar surface area (TPSA) is 67.9 Å². The molecule has 5 heteroatoms. The summed E-state index contributed by atoms with van der Waals surface area (Å²) >= 11 is 0. The summed E-state index contributed by atoms with van der Waals surface area (Å²) in [5, 5.41) is 0. The van der Waals surface area contributed by atoms with Crippen LogP contribution in [0.25, 0.3) is 11.2 Å². The molecule has 2 aromatic heterocycles. The molecule has 2 N–H and O–H groups in total. The van der Waals surface area contributed by atoms with Gasteiger partial charge < -0.3 is 10.6 Å². The molecule has 112 valence electrons. The van der Waals surface area contributed by atoms with Crippen molar-refractivity contribution in [2.45, 2.75) is 51.1 Å². The standard InChI is InChI=1S/C16H23N5/c1-2-11-21(13-5-3-12(17)4-6-13)15-8-7-14-16(20-15)19-10-9-18-14/h7-10,12-13H,2-6,11,17H2,1H3. The molecule has 0 radical (unpaired) electrons. The van der Waals surface area contributed by atoms with Gasteiger partial charge in [0.15, 0.2) is 5.65 Å². The first kappa shape index (κ1) is 14.2. The fraction of sp³-hybridized carbons (Fsp3) is 0.562. The zero-order valence-corrected chi connectivity index (χ0v) is 12.6. The van der Waals surface area contributed by atoms with Gasteiger partial charge in [0.2, 0.25) is 0 Å². The van der Waals surface area contributed by atoms with Crippen molar-refractivity contribution in [3.63, 3.8) is 0 Å². The first-order valence-corrected chi connectivity index (χ1v) is 7.88. The van der Waals surface area contributed by atoms with E-state index in [0.29, 0.717) is 12.1 Å². The zero-order valence-electron chi connectivity index (χ0n) is 12.6. The van der Waals surface area contributed by atoms with Crippen molar-refractivity contribution in [3.05, 3.63) is 24.5 Å². The second kappa shape index (κ2) is 6.35. The highest BCUT2D eigenvalue weighted by molar-refractivity contribution is 5.71. The van der Waals surface area contributed by atoms with Gasteiger partial charge in [-0.3, -0.25) is 4.98 Å². The van der Waals surface area contributed by atoms with Crippen LogP contribution in [0.4, 0.5) is 5.82 Å². The molecule has 21 heavy (non-hydrogen) atoms. The Balaban J connectivity index is 1.87. The van der Waals surface area contributed by atoms with Crippen molar-refractivity contribution in [1.29, 1.82) is 0 Å². The summed E-state index contributed by atoms with van der Waals surface area (Å²) in [4.78, 5) is 15.8. The van der Waals surface area contributed by atoms with Crippen LogP contribution in [0.1, 0.15) is 39.0 Å². The molecule has 0 spiro atoms. The highest BCUT2D eigenvalue weighted by atomic mass is 15.2. The average Bonchev–Trinajstić information content (AvgIpc) is 2.53. The van der Waals surface area contributed by atoms with E-state index in [1.807, 2.05) is 6.07 Å². The largest absolute Gasteiger partial charge is 0.354 e. The Hall–Kier alpha value is -1.75. The van der Waals surface area contributed by atoms with Crippen LogP contribution in [-0.4, -0.2) is 33.6 Å². The van der Waals surface area contributed by atoms with E-state index in [2.05, 4.69) is 27.9 Å². The van der Waals surface area contributed by atoms with Gasteiger partial charge >= 0.3 is 0 Å². The van der Waals surface area contributed by atoms with Crippen LogP contribution in [0, 0.1) is 0 Å². The van der Waals surface area contributed by atoms with E-state index in [4.69, 9.17) is 10.7 Å². The van der Waals surface area contributed by atoms with Gasteiger partial charge in [0.1, 0.15) is 11.3 Å².